The summed E-state index contributed by atoms with van der Waals surface area (Å²) >= 11 is 1.59. The number of likely N-dealkylation sites (tertiary alicyclic amines) is 1. The first-order valence-electron chi connectivity index (χ1n) is 6.88. The smallest absolute Gasteiger partial charge is 0.254 e. The van der Waals surface area contributed by atoms with Crippen LogP contribution < -0.4 is 5.32 Å². The zero-order valence-electron chi connectivity index (χ0n) is 11.0. The second-order valence-corrected chi connectivity index (χ2v) is 6.21. The second kappa shape index (κ2) is 6.73. The van der Waals surface area contributed by atoms with E-state index in [1.807, 2.05) is 21.7 Å². The molecule has 3 nitrogen and oxygen atoms in total. The van der Waals surface area contributed by atoms with Gasteiger partial charge in [-0.15, -0.1) is 12.4 Å². The Morgan fingerprint density at radius 2 is 2.05 bits per heavy atom. The molecule has 1 aliphatic carbocycles. The van der Waals surface area contributed by atoms with Crippen molar-refractivity contribution >= 4 is 29.7 Å². The van der Waals surface area contributed by atoms with E-state index < -0.39 is 0 Å². The molecular formula is C14H21ClN2OS. The van der Waals surface area contributed by atoms with Gasteiger partial charge in [0, 0.05) is 24.5 Å². The van der Waals surface area contributed by atoms with Crippen LogP contribution in [-0.4, -0.2) is 36.5 Å². The van der Waals surface area contributed by atoms with Crippen LogP contribution in [0.25, 0.3) is 0 Å². The number of hydrogen-bond donors (Lipinski definition) is 1. The predicted octanol–water partition coefficient (Wildman–Crippen LogP) is 2.77. The normalized spacial score (nSPS) is 20.1. The monoisotopic (exact) mass is 300 g/mol. The Morgan fingerprint density at radius 3 is 2.63 bits per heavy atom. The largest absolute Gasteiger partial charge is 0.339 e. The lowest BCUT2D eigenvalue weighted by atomic mass is 10.0. The summed E-state index contributed by atoms with van der Waals surface area (Å²) in [7, 11) is 0. The van der Waals surface area contributed by atoms with Crippen LogP contribution in [0.1, 0.15) is 36.0 Å². The Hall–Kier alpha value is -0.580. The van der Waals surface area contributed by atoms with Gasteiger partial charge in [0.05, 0.1) is 5.56 Å². The molecule has 0 unspecified atom stereocenters. The number of carbonyl (C=O) groups excluding carboxylic acids is 1. The summed E-state index contributed by atoms with van der Waals surface area (Å²) in [6.45, 7) is 2.98. The molecule has 106 valence electrons. The number of nitrogens with one attached hydrogen (secondary N) is 1. The van der Waals surface area contributed by atoms with Crippen LogP contribution in [0.15, 0.2) is 16.8 Å². The van der Waals surface area contributed by atoms with Gasteiger partial charge in [0.1, 0.15) is 0 Å². The van der Waals surface area contributed by atoms with Crippen LogP contribution in [0.3, 0.4) is 0 Å². The molecule has 0 bridgehead atoms. The molecule has 1 aliphatic heterocycles. The first-order valence-corrected chi connectivity index (χ1v) is 7.82. The number of halogens is 1. The van der Waals surface area contributed by atoms with Gasteiger partial charge in [0.2, 0.25) is 0 Å². The Morgan fingerprint density at radius 1 is 1.32 bits per heavy atom. The Balaban J connectivity index is 0.00000133. The Kier molecular flexibility index (Phi) is 5.25. The maximum atomic E-state index is 12.2. The first-order chi connectivity index (χ1) is 8.83. The number of thiophene rings is 1. The molecule has 0 aromatic carbocycles. The maximum absolute atomic E-state index is 12.2. The molecular weight excluding hydrogens is 280 g/mol. The summed E-state index contributed by atoms with van der Waals surface area (Å²) in [6.07, 6.45) is 5.01. The second-order valence-electron chi connectivity index (χ2n) is 5.43. The topological polar surface area (TPSA) is 32.3 Å². The summed E-state index contributed by atoms with van der Waals surface area (Å²) < 4.78 is 0. The molecule has 1 aromatic heterocycles. The molecule has 2 fully saturated rings. The van der Waals surface area contributed by atoms with Gasteiger partial charge in [-0.05, 0) is 49.6 Å². The van der Waals surface area contributed by atoms with Gasteiger partial charge < -0.3 is 10.2 Å². The molecule has 0 spiro atoms. The molecule has 1 saturated heterocycles. The minimum Gasteiger partial charge on any atom is -0.339 e. The molecule has 5 heteroatoms. The number of hydrogen-bond acceptors (Lipinski definition) is 3. The summed E-state index contributed by atoms with van der Waals surface area (Å²) in [5.41, 5.74) is 0.851. The van der Waals surface area contributed by atoms with Gasteiger partial charge in [-0.1, -0.05) is 0 Å². The van der Waals surface area contributed by atoms with E-state index in [1.54, 1.807) is 11.3 Å². The van der Waals surface area contributed by atoms with Gasteiger partial charge >= 0.3 is 0 Å². The van der Waals surface area contributed by atoms with Crippen LogP contribution in [0.4, 0.5) is 0 Å². The third-order valence-corrected chi connectivity index (χ3v) is 4.63. The van der Waals surface area contributed by atoms with Crippen LogP contribution in [0.2, 0.25) is 0 Å². The minimum absolute atomic E-state index is 0. The van der Waals surface area contributed by atoms with Crippen LogP contribution in [0, 0.1) is 5.92 Å². The van der Waals surface area contributed by atoms with Gasteiger partial charge in [0.15, 0.2) is 0 Å². The van der Waals surface area contributed by atoms with Crippen molar-refractivity contribution in [1.29, 1.82) is 0 Å². The molecule has 3 rings (SSSR count). The lowest BCUT2D eigenvalue weighted by Gasteiger charge is -2.32. The van der Waals surface area contributed by atoms with Crippen molar-refractivity contribution in [3.05, 3.63) is 22.4 Å². The van der Waals surface area contributed by atoms with Gasteiger partial charge in [-0.2, -0.15) is 11.3 Å². The molecule has 2 heterocycles. The number of amides is 1. The van der Waals surface area contributed by atoms with E-state index in [9.17, 15) is 4.79 Å². The summed E-state index contributed by atoms with van der Waals surface area (Å²) in [5.74, 6) is 1.15. The van der Waals surface area contributed by atoms with Crippen LogP contribution in [0.5, 0.6) is 0 Å². The zero-order valence-corrected chi connectivity index (χ0v) is 12.6. The minimum atomic E-state index is 0. The molecule has 1 aromatic rings. The number of piperidine rings is 1. The van der Waals surface area contributed by atoms with Crippen molar-refractivity contribution < 1.29 is 4.79 Å². The predicted molar refractivity (Wildman–Crippen MR) is 81.2 cm³/mol. The third-order valence-electron chi connectivity index (χ3n) is 3.94. The lowest BCUT2D eigenvalue weighted by Crippen LogP contribution is -2.45. The first kappa shape index (κ1) is 14.8. The quantitative estimate of drug-likeness (QED) is 0.927. The molecule has 1 amide bonds. The molecule has 19 heavy (non-hydrogen) atoms. The lowest BCUT2D eigenvalue weighted by molar-refractivity contribution is 0.0705. The fraction of sp³-hybridized carbons (Fsp3) is 0.643. The van der Waals surface area contributed by atoms with E-state index in [0.717, 1.165) is 37.4 Å². The molecule has 1 N–H and O–H groups in total. The highest BCUT2D eigenvalue weighted by molar-refractivity contribution is 7.08. The van der Waals surface area contributed by atoms with E-state index >= 15 is 0 Å². The SMILES string of the molecule is Cl.O=C(c1ccsc1)N1CCC(NCC2CC2)CC1. The molecule has 0 atom stereocenters. The van der Waals surface area contributed by atoms with Crippen molar-refractivity contribution in [2.75, 3.05) is 19.6 Å². The summed E-state index contributed by atoms with van der Waals surface area (Å²) in [6, 6.07) is 2.54. The van der Waals surface area contributed by atoms with Crippen LogP contribution >= 0.6 is 23.7 Å². The van der Waals surface area contributed by atoms with Crippen molar-refractivity contribution in [1.82, 2.24) is 10.2 Å². The molecule has 1 saturated carbocycles. The number of carbonyl (C=O) groups is 1. The summed E-state index contributed by atoms with van der Waals surface area (Å²) in [5, 5.41) is 7.56. The average Bonchev–Trinajstić information content (AvgIpc) is 3.08. The van der Waals surface area contributed by atoms with E-state index in [0.29, 0.717) is 6.04 Å². The highest BCUT2D eigenvalue weighted by Crippen LogP contribution is 2.28. The molecule has 0 radical (unpaired) electrons. The molecule has 2 aliphatic rings. The number of rotatable bonds is 4. The Bertz CT molecular complexity index is 398. The summed E-state index contributed by atoms with van der Waals surface area (Å²) in [4.78, 5) is 14.2. The van der Waals surface area contributed by atoms with Crippen molar-refractivity contribution in [3.8, 4) is 0 Å². The van der Waals surface area contributed by atoms with E-state index in [2.05, 4.69) is 5.32 Å². The Labute approximate surface area is 124 Å². The highest BCUT2D eigenvalue weighted by Gasteiger charge is 2.26. The standard InChI is InChI=1S/C14H20N2OS.ClH/c17-14(12-5-8-18-10-12)16-6-3-13(4-7-16)15-9-11-1-2-11;/h5,8,10-11,13,15H,1-4,6-7,9H2;1H. The maximum Gasteiger partial charge on any atom is 0.254 e. The van der Waals surface area contributed by atoms with Gasteiger partial charge in [-0.3, -0.25) is 4.79 Å². The average molecular weight is 301 g/mol. The van der Waals surface area contributed by atoms with E-state index in [-0.39, 0.29) is 18.3 Å². The van der Waals surface area contributed by atoms with Gasteiger partial charge in [0.25, 0.3) is 5.91 Å². The third kappa shape index (κ3) is 3.94. The highest BCUT2D eigenvalue weighted by atomic mass is 35.5. The number of nitrogens with zero attached hydrogens (tertiary/aromatic N) is 1. The van der Waals surface area contributed by atoms with E-state index in [1.165, 1.54) is 19.4 Å². The van der Waals surface area contributed by atoms with Crippen LogP contribution in [-0.2, 0) is 0 Å². The fourth-order valence-electron chi connectivity index (χ4n) is 2.51. The van der Waals surface area contributed by atoms with E-state index in [4.69, 9.17) is 0 Å². The van der Waals surface area contributed by atoms with Crippen molar-refractivity contribution in [2.45, 2.75) is 31.7 Å². The van der Waals surface area contributed by atoms with Crippen molar-refractivity contribution in [2.24, 2.45) is 5.92 Å². The van der Waals surface area contributed by atoms with Crippen molar-refractivity contribution in [3.63, 3.8) is 0 Å². The zero-order chi connectivity index (χ0) is 12.4. The van der Waals surface area contributed by atoms with Gasteiger partial charge in [-0.25, -0.2) is 0 Å². The fourth-order valence-corrected chi connectivity index (χ4v) is 3.14.